The topological polar surface area (TPSA) is 164 Å². The normalized spacial score (nSPS) is 23.3. The number of aromatic amines is 2. The van der Waals surface area contributed by atoms with Crippen LogP contribution in [0.3, 0.4) is 0 Å². The molecule has 3 unspecified atom stereocenters. The largest absolute Gasteiger partial charge is 0.472 e. The van der Waals surface area contributed by atoms with E-state index in [1.54, 1.807) is 0 Å². The number of H-pyrrole nitrogens is 2. The number of hydrogen-bond donors (Lipinski definition) is 4. The first kappa shape index (κ1) is 32.2. The standard InChI is InChI=1S/C39H47N9O3/c1-22(2)34(40)37(49)46-14-3-6-30(46)35-42-20-28(45-35)24-8-10-26-32-17-25-16-23(9-11-29(25)48(32)21-51-33(26)18-24)27-19-43-36(44-27)31-7-4-15-47(31)38(50)39(41)12-5-13-39/h9,11,16-20,22,30-31,34H,3-8,10,12-15,21,40-41H2,1-2H3,(H,42,45)(H,43,44). The summed E-state index contributed by atoms with van der Waals surface area (Å²) in [6.45, 7) is 5.85. The molecule has 12 nitrogen and oxygen atoms in total. The number of imidazole rings is 2. The van der Waals surface area contributed by atoms with Crippen molar-refractivity contribution in [2.24, 2.45) is 17.4 Å². The number of ether oxygens (including phenoxy) is 1. The Kier molecular flexibility index (Phi) is 7.73. The second-order valence-electron chi connectivity index (χ2n) is 15.5. The highest BCUT2D eigenvalue weighted by molar-refractivity contribution is 5.91. The van der Waals surface area contributed by atoms with Crippen molar-refractivity contribution in [3.05, 3.63) is 71.5 Å². The van der Waals surface area contributed by atoms with E-state index in [-0.39, 0.29) is 29.8 Å². The summed E-state index contributed by atoms with van der Waals surface area (Å²) >= 11 is 0. The number of rotatable bonds is 7. The predicted molar refractivity (Wildman–Crippen MR) is 194 cm³/mol. The minimum Gasteiger partial charge on any atom is -0.472 e. The predicted octanol–water partition coefficient (Wildman–Crippen LogP) is 5.52. The third kappa shape index (κ3) is 5.33. The van der Waals surface area contributed by atoms with Crippen molar-refractivity contribution >= 4 is 33.9 Å². The Morgan fingerprint density at radius 2 is 1.65 bits per heavy atom. The van der Waals surface area contributed by atoms with Crippen LogP contribution in [0.15, 0.2) is 48.5 Å². The van der Waals surface area contributed by atoms with E-state index >= 15 is 0 Å². The van der Waals surface area contributed by atoms with E-state index in [0.29, 0.717) is 13.3 Å². The van der Waals surface area contributed by atoms with E-state index in [1.807, 2.05) is 36.0 Å². The molecule has 0 spiro atoms. The van der Waals surface area contributed by atoms with Gasteiger partial charge in [-0.1, -0.05) is 19.9 Å². The zero-order chi connectivity index (χ0) is 35.0. The van der Waals surface area contributed by atoms with Gasteiger partial charge in [-0.2, -0.15) is 0 Å². The molecule has 4 aromatic rings. The second-order valence-corrected chi connectivity index (χ2v) is 15.5. The first-order chi connectivity index (χ1) is 24.7. The van der Waals surface area contributed by atoms with Crippen LogP contribution in [0.1, 0.15) is 107 Å². The third-order valence-electron chi connectivity index (χ3n) is 12.0. The monoisotopic (exact) mass is 689 g/mol. The van der Waals surface area contributed by atoms with Gasteiger partial charge in [0.1, 0.15) is 17.4 Å². The number of nitrogens with zero attached hydrogens (tertiary/aromatic N) is 5. The second kappa shape index (κ2) is 12.2. The number of nitrogens with one attached hydrogen (secondary N) is 2. The molecule has 3 fully saturated rings. The van der Waals surface area contributed by atoms with Gasteiger partial charge in [0.2, 0.25) is 11.8 Å². The Bertz CT molecular complexity index is 2100. The zero-order valence-corrected chi connectivity index (χ0v) is 29.5. The number of nitrogens with two attached hydrogens (primary N) is 2. The van der Waals surface area contributed by atoms with E-state index in [0.717, 1.165) is 115 Å². The Morgan fingerprint density at radius 3 is 2.37 bits per heavy atom. The first-order valence-corrected chi connectivity index (χ1v) is 18.7. The Balaban J connectivity index is 0.944. The SMILES string of the molecule is CC(C)C(N)C(=O)N1CCCC1c1ncc(C2=CC3=C(CC2)c2cc4cc(-c5cnc(C6CCCN6C(=O)C6(N)CCC6)[nH]5)ccc4n2CO3)[nH]1. The summed E-state index contributed by atoms with van der Waals surface area (Å²) in [6.07, 6.45) is 13.9. The third-order valence-corrected chi connectivity index (χ3v) is 12.0. The summed E-state index contributed by atoms with van der Waals surface area (Å²) in [5, 5.41) is 1.14. The van der Waals surface area contributed by atoms with Gasteiger partial charge in [0.05, 0.1) is 58.7 Å². The fraction of sp³-hybridized carbons (Fsp3) is 0.487. The lowest BCUT2D eigenvalue weighted by Gasteiger charge is -2.40. The first-order valence-electron chi connectivity index (χ1n) is 18.7. The number of likely N-dealkylation sites (tertiary alicyclic amines) is 2. The maximum absolute atomic E-state index is 13.3. The van der Waals surface area contributed by atoms with Crippen molar-refractivity contribution < 1.29 is 14.3 Å². The molecule has 0 radical (unpaired) electrons. The van der Waals surface area contributed by atoms with E-state index < -0.39 is 11.6 Å². The maximum Gasteiger partial charge on any atom is 0.243 e. The molecule has 0 bridgehead atoms. The van der Waals surface area contributed by atoms with Gasteiger partial charge in [-0.3, -0.25) is 9.59 Å². The van der Waals surface area contributed by atoms with Gasteiger partial charge in [-0.15, -0.1) is 0 Å². The van der Waals surface area contributed by atoms with Crippen molar-refractivity contribution in [1.29, 1.82) is 0 Å². The summed E-state index contributed by atoms with van der Waals surface area (Å²) in [5.41, 5.74) is 19.6. The highest BCUT2D eigenvalue weighted by atomic mass is 16.5. The summed E-state index contributed by atoms with van der Waals surface area (Å²) in [6, 6.07) is 8.12. The molecule has 2 aliphatic carbocycles. The molecule has 5 aliphatic rings. The molecule has 12 heteroatoms. The molecule has 1 aromatic carbocycles. The van der Waals surface area contributed by atoms with Crippen LogP contribution in [0, 0.1) is 5.92 Å². The number of carbonyl (C=O) groups is 2. The van der Waals surface area contributed by atoms with Gasteiger partial charge in [0, 0.05) is 29.6 Å². The molecule has 6 heterocycles. The average Bonchev–Trinajstić information content (AvgIpc) is 3.97. The van der Waals surface area contributed by atoms with E-state index in [1.165, 1.54) is 11.3 Å². The Hall–Kier alpha value is -4.68. The van der Waals surface area contributed by atoms with E-state index in [9.17, 15) is 9.59 Å². The van der Waals surface area contributed by atoms with Gasteiger partial charge < -0.3 is 40.5 Å². The van der Waals surface area contributed by atoms with Crippen LogP contribution in [-0.2, 0) is 21.1 Å². The molecule has 51 heavy (non-hydrogen) atoms. The summed E-state index contributed by atoms with van der Waals surface area (Å²) < 4.78 is 8.63. The summed E-state index contributed by atoms with van der Waals surface area (Å²) in [5.74, 6) is 2.72. The average molecular weight is 690 g/mol. The molecule has 9 rings (SSSR count). The fourth-order valence-electron chi connectivity index (χ4n) is 8.72. The lowest BCUT2D eigenvalue weighted by molar-refractivity contribution is -0.141. The van der Waals surface area contributed by atoms with E-state index in [4.69, 9.17) is 26.2 Å². The number of amides is 2. The molecular formula is C39H47N9O3. The zero-order valence-electron chi connectivity index (χ0n) is 29.5. The fourth-order valence-corrected chi connectivity index (χ4v) is 8.72. The minimum absolute atomic E-state index is 0.00235. The van der Waals surface area contributed by atoms with Crippen LogP contribution in [-0.4, -0.2) is 70.8 Å². The Morgan fingerprint density at radius 1 is 0.941 bits per heavy atom. The van der Waals surface area contributed by atoms with E-state index in [2.05, 4.69) is 44.9 Å². The molecule has 3 atom stereocenters. The van der Waals surface area contributed by atoms with Crippen LogP contribution in [0.25, 0.3) is 33.3 Å². The van der Waals surface area contributed by atoms with Crippen LogP contribution >= 0.6 is 0 Å². The smallest absolute Gasteiger partial charge is 0.243 e. The van der Waals surface area contributed by atoms with Crippen molar-refractivity contribution in [3.8, 4) is 11.3 Å². The number of allylic oxidation sites excluding steroid dienone is 3. The molecule has 1 saturated carbocycles. The van der Waals surface area contributed by atoms with Gasteiger partial charge >= 0.3 is 0 Å². The highest BCUT2D eigenvalue weighted by Gasteiger charge is 2.46. The van der Waals surface area contributed by atoms with Crippen LogP contribution in [0.5, 0.6) is 0 Å². The number of fused-ring (bicyclic) bond motifs is 4. The van der Waals surface area contributed by atoms with Crippen molar-refractivity contribution in [2.45, 2.75) is 102 Å². The van der Waals surface area contributed by atoms with Crippen LogP contribution in [0.4, 0.5) is 0 Å². The molecule has 2 saturated heterocycles. The number of carbonyl (C=O) groups excluding carboxylic acids is 2. The molecule has 6 N–H and O–H groups in total. The maximum atomic E-state index is 13.3. The lowest BCUT2D eigenvalue weighted by Crippen LogP contribution is -2.59. The highest BCUT2D eigenvalue weighted by Crippen LogP contribution is 2.42. The van der Waals surface area contributed by atoms with Crippen molar-refractivity contribution in [3.63, 3.8) is 0 Å². The van der Waals surface area contributed by atoms with Crippen LogP contribution in [0.2, 0.25) is 0 Å². The van der Waals surface area contributed by atoms with Gasteiger partial charge in [0.15, 0.2) is 6.73 Å². The van der Waals surface area contributed by atoms with Crippen molar-refractivity contribution in [2.75, 3.05) is 13.1 Å². The molecule has 3 aromatic heterocycles. The molecular weight excluding hydrogens is 642 g/mol. The van der Waals surface area contributed by atoms with Crippen LogP contribution < -0.4 is 11.5 Å². The quantitative estimate of drug-likeness (QED) is 0.198. The molecule has 2 amide bonds. The molecule has 266 valence electrons. The van der Waals surface area contributed by atoms with Crippen molar-refractivity contribution in [1.82, 2.24) is 34.3 Å². The van der Waals surface area contributed by atoms with Gasteiger partial charge in [0.25, 0.3) is 0 Å². The summed E-state index contributed by atoms with van der Waals surface area (Å²) in [4.78, 5) is 46.8. The molecule has 3 aliphatic heterocycles. The van der Waals surface area contributed by atoms with Gasteiger partial charge in [-0.25, -0.2) is 9.97 Å². The number of hydrogen-bond acceptors (Lipinski definition) is 7. The number of benzene rings is 1. The van der Waals surface area contributed by atoms with Gasteiger partial charge in [-0.05, 0) is 93.6 Å². The Labute approximate surface area is 297 Å². The minimum atomic E-state index is -0.697. The summed E-state index contributed by atoms with van der Waals surface area (Å²) in [7, 11) is 0. The lowest BCUT2D eigenvalue weighted by atomic mass is 9.76. The number of aromatic nitrogens is 5.